The summed E-state index contributed by atoms with van der Waals surface area (Å²) in [7, 11) is 4.11. The molecule has 8 heteroatoms. The van der Waals surface area contributed by atoms with Crippen molar-refractivity contribution in [3.8, 4) is 0 Å². The van der Waals surface area contributed by atoms with E-state index in [1.165, 1.54) is 11.8 Å². The number of unbranched alkanes of at least 4 members (excludes halogenated alkanes) is 1. The molecule has 0 saturated carbocycles. The van der Waals surface area contributed by atoms with Gasteiger partial charge >= 0.3 is 0 Å². The molecule has 0 aliphatic heterocycles. The van der Waals surface area contributed by atoms with E-state index in [4.69, 9.17) is 11.6 Å². The van der Waals surface area contributed by atoms with Gasteiger partial charge in [-0.05, 0) is 46.0 Å². The zero-order valence-corrected chi connectivity index (χ0v) is 18.8. The third kappa shape index (κ3) is 5.72. The van der Waals surface area contributed by atoms with Crippen LogP contribution in [0.4, 0.5) is 5.69 Å². The van der Waals surface area contributed by atoms with Gasteiger partial charge in [-0.3, -0.25) is 9.69 Å². The van der Waals surface area contributed by atoms with Gasteiger partial charge in [0.2, 0.25) is 5.91 Å². The highest BCUT2D eigenvalue weighted by atomic mass is 35.5. The van der Waals surface area contributed by atoms with Gasteiger partial charge < -0.3 is 9.88 Å². The lowest BCUT2D eigenvalue weighted by molar-refractivity contribution is -0.115. The lowest BCUT2D eigenvalue weighted by atomic mass is 10.2. The van der Waals surface area contributed by atoms with Crippen LogP contribution < -0.4 is 5.32 Å². The molecule has 1 aromatic heterocycles. The maximum atomic E-state index is 12.6. The summed E-state index contributed by atoms with van der Waals surface area (Å²) >= 11 is 7.58. The minimum atomic E-state index is -0.326. The van der Waals surface area contributed by atoms with E-state index in [0.717, 1.165) is 36.8 Å². The van der Waals surface area contributed by atoms with Gasteiger partial charge in [0.05, 0.1) is 22.0 Å². The number of carbonyl (C=O) groups excluding carboxylic acids is 1. The summed E-state index contributed by atoms with van der Waals surface area (Å²) in [5, 5.41) is 12.8. The van der Waals surface area contributed by atoms with E-state index in [-0.39, 0.29) is 17.2 Å². The van der Waals surface area contributed by atoms with E-state index in [2.05, 4.69) is 52.9 Å². The van der Waals surface area contributed by atoms with Crippen molar-refractivity contribution in [2.45, 2.75) is 63.0 Å². The van der Waals surface area contributed by atoms with E-state index in [1.807, 2.05) is 19.1 Å². The summed E-state index contributed by atoms with van der Waals surface area (Å²) in [5.41, 5.74) is 0.619. The van der Waals surface area contributed by atoms with Crippen LogP contribution >= 0.6 is 23.4 Å². The number of amides is 1. The average molecular weight is 424 g/mol. The minimum Gasteiger partial charge on any atom is -0.324 e. The van der Waals surface area contributed by atoms with Gasteiger partial charge in [0, 0.05) is 6.54 Å². The lowest BCUT2D eigenvalue weighted by Gasteiger charge is -2.23. The molecule has 2 unspecified atom stereocenters. The first-order valence-corrected chi connectivity index (χ1v) is 11.0. The van der Waals surface area contributed by atoms with Crippen LogP contribution in [0.2, 0.25) is 5.02 Å². The van der Waals surface area contributed by atoms with Crippen LogP contribution in [0.5, 0.6) is 0 Å². The van der Waals surface area contributed by atoms with E-state index < -0.39 is 0 Å². The quantitative estimate of drug-likeness (QED) is 0.552. The molecule has 6 nitrogen and oxygen atoms in total. The zero-order valence-electron chi connectivity index (χ0n) is 17.3. The predicted molar refractivity (Wildman–Crippen MR) is 117 cm³/mol. The van der Waals surface area contributed by atoms with Gasteiger partial charge in [0.1, 0.15) is 0 Å². The molecule has 2 atom stereocenters. The maximum absolute atomic E-state index is 12.6. The topological polar surface area (TPSA) is 63.1 Å². The molecular formula is C20H30ClN5OS. The number of anilines is 1. The molecule has 0 aliphatic carbocycles. The number of hydrogen-bond donors (Lipinski definition) is 1. The van der Waals surface area contributed by atoms with Crippen molar-refractivity contribution in [1.82, 2.24) is 19.7 Å². The molecular weight excluding hydrogens is 394 g/mol. The van der Waals surface area contributed by atoms with Crippen molar-refractivity contribution >= 4 is 35.0 Å². The first kappa shape index (κ1) is 22.7. The summed E-state index contributed by atoms with van der Waals surface area (Å²) in [6.45, 7) is 7.04. The van der Waals surface area contributed by atoms with Crippen LogP contribution in [0.15, 0.2) is 29.4 Å². The number of thioether (sulfide) groups is 1. The van der Waals surface area contributed by atoms with E-state index in [9.17, 15) is 4.79 Å². The van der Waals surface area contributed by atoms with Gasteiger partial charge in [0.15, 0.2) is 11.0 Å². The Morgan fingerprint density at radius 2 is 2.00 bits per heavy atom. The molecule has 1 aromatic carbocycles. The smallest absolute Gasteiger partial charge is 0.237 e. The Hall–Kier alpha value is -1.57. The van der Waals surface area contributed by atoms with Crippen LogP contribution in [0.3, 0.4) is 0 Å². The Labute approximate surface area is 177 Å². The number of nitrogens with one attached hydrogen (secondary N) is 1. The Balaban J connectivity index is 2.18. The average Bonchev–Trinajstić information content (AvgIpc) is 3.04. The molecule has 0 fully saturated rings. The standard InChI is InChI=1S/C20H30ClN5OS/c1-6-8-13-26-18(17(7-2)25(4)5)23-24-20(26)28-14(3)19(27)22-16-12-10-9-11-15(16)21/h9-12,14,17H,6-8,13H2,1-5H3,(H,22,27). The monoisotopic (exact) mass is 423 g/mol. The molecule has 2 rings (SSSR count). The number of aromatic nitrogens is 3. The van der Waals surface area contributed by atoms with Crippen molar-refractivity contribution in [1.29, 1.82) is 0 Å². The Morgan fingerprint density at radius 1 is 1.29 bits per heavy atom. The number of nitrogens with zero attached hydrogens (tertiary/aromatic N) is 4. The number of para-hydroxylation sites is 1. The van der Waals surface area contributed by atoms with Gasteiger partial charge in [0.25, 0.3) is 0 Å². The van der Waals surface area contributed by atoms with Crippen LogP contribution in [-0.2, 0) is 11.3 Å². The van der Waals surface area contributed by atoms with Gasteiger partial charge in [-0.1, -0.05) is 55.8 Å². The molecule has 1 amide bonds. The van der Waals surface area contributed by atoms with Gasteiger partial charge in [-0.2, -0.15) is 0 Å². The second kappa shape index (κ2) is 10.8. The van der Waals surface area contributed by atoms with Crippen molar-refractivity contribution in [2.75, 3.05) is 19.4 Å². The molecule has 0 saturated heterocycles. The largest absolute Gasteiger partial charge is 0.324 e. The molecule has 1 heterocycles. The van der Waals surface area contributed by atoms with Crippen molar-refractivity contribution in [2.24, 2.45) is 0 Å². The SMILES string of the molecule is CCCCn1c(SC(C)C(=O)Nc2ccccc2Cl)nnc1C(CC)N(C)C. The summed E-state index contributed by atoms with van der Waals surface area (Å²) < 4.78 is 2.17. The first-order chi connectivity index (χ1) is 13.4. The minimum absolute atomic E-state index is 0.107. The Kier molecular flexibility index (Phi) is 8.79. The van der Waals surface area contributed by atoms with E-state index in [1.54, 1.807) is 12.1 Å². The Bertz CT molecular complexity index is 780. The molecule has 2 aromatic rings. The van der Waals surface area contributed by atoms with Gasteiger partial charge in [-0.25, -0.2) is 0 Å². The van der Waals surface area contributed by atoms with Crippen molar-refractivity contribution < 1.29 is 4.79 Å². The maximum Gasteiger partial charge on any atom is 0.237 e. The molecule has 0 aliphatic rings. The highest BCUT2D eigenvalue weighted by Crippen LogP contribution is 2.29. The highest BCUT2D eigenvalue weighted by molar-refractivity contribution is 8.00. The van der Waals surface area contributed by atoms with Crippen LogP contribution in [-0.4, -0.2) is 44.9 Å². The van der Waals surface area contributed by atoms with E-state index in [0.29, 0.717) is 10.7 Å². The summed E-state index contributed by atoms with van der Waals surface area (Å²) in [4.78, 5) is 14.8. The van der Waals surface area contributed by atoms with Crippen LogP contribution in [0, 0.1) is 0 Å². The summed E-state index contributed by atoms with van der Waals surface area (Å²) in [6.07, 6.45) is 3.08. The second-order valence-corrected chi connectivity index (χ2v) is 8.68. The molecule has 154 valence electrons. The second-order valence-electron chi connectivity index (χ2n) is 6.96. The van der Waals surface area contributed by atoms with Crippen LogP contribution in [0.25, 0.3) is 0 Å². The molecule has 0 spiro atoms. The third-order valence-corrected chi connectivity index (χ3v) is 5.98. The summed E-state index contributed by atoms with van der Waals surface area (Å²) in [6, 6.07) is 7.44. The Morgan fingerprint density at radius 3 is 2.61 bits per heavy atom. The van der Waals surface area contributed by atoms with Crippen molar-refractivity contribution in [3.05, 3.63) is 35.1 Å². The lowest BCUT2D eigenvalue weighted by Crippen LogP contribution is -2.24. The molecule has 0 bridgehead atoms. The molecule has 28 heavy (non-hydrogen) atoms. The number of hydrogen-bond acceptors (Lipinski definition) is 5. The number of halogens is 1. The fraction of sp³-hybridized carbons (Fsp3) is 0.550. The highest BCUT2D eigenvalue weighted by Gasteiger charge is 2.24. The normalized spacial score (nSPS) is 13.5. The third-order valence-electron chi connectivity index (χ3n) is 4.57. The summed E-state index contributed by atoms with van der Waals surface area (Å²) in [5.74, 6) is 0.853. The number of rotatable bonds is 10. The van der Waals surface area contributed by atoms with Crippen LogP contribution in [0.1, 0.15) is 51.9 Å². The number of carbonyl (C=O) groups is 1. The fourth-order valence-corrected chi connectivity index (χ4v) is 4.01. The first-order valence-electron chi connectivity index (χ1n) is 9.70. The zero-order chi connectivity index (χ0) is 20.7. The molecule has 1 N–H and O–H groups in total. The molecule has 0 radical (unpaired) electrons. The fourth-order valence-electron chi connectivity index (χ4n) is 2.95. The van der Waals surface area contributed by atoms with Crippen molar-refractivity contribution in [3.63, 3.8) is 0 Å². The van der Waals surface area contributed by atoms with E-state index >= 15 is 0 Å². The van der Waals surface area contributed by atoms with Gasteiger partial charge in [-0.15, -0.1) is 10.2 Å². The predicted octanol–water partition coefficient (Wildman–Crippen LogP) is 4.86. The number of benzene rings is 1.